The van der Waals surface area contributed by atoms with Gasteiger partial charge in [-0.3, -0.25) is 0 Å². The molecule has 0 heterocycles. The number of hydrogen-bond acceptors (Lipinski definition) is 3. The van der Waals surface area contributed by atoms with Gasteiger partial charge in [0.15, 0.2) is 0 Å². The number of nitrogens with zero attached hydrogens (tertiary/aromatic N) is 3. The lowest BCUT2D eigenvalue weighted by Crippen LogP contribution is -2.42. The third-order valence-electron chi connectivity index (χ3n) is 8.38. The first-order valence-electron chi connectivity index (χ1n) is 16.9. The van der Waals surface area contributed by atoms with Gasteiger partial charge < -0.3 is 23.3 Å². The Balaban J connectivity index is 1.70. The molecule has 0 aliphatic rings. The van der Waals surface area contributed by atoms with Gasteiger partial charge in [-0.2, -0.15) is 0 Å². The van der Waals surface area contributed by atoms with Crippen molar-refractivity contribution < 1.29 is 18.4 Å². The van der Waals surface area contributed by atoms with Crippen molar-refractivity contribution >= 4 is 0 Å². The number of benzene rings is 2. The van der Waals surface area contributed by atoms with Crippen LogP contribution in [0, 0.1) is 0 Å². The van der Waals surface area contributed by atoms with Gasteiger partial charge in [-0.25, -0.2) is 0 Å². The first-order valence-corrected chi connectivity index (χ1v) is 16.9. The molecule has 0 amide bonds. The summed E-state index contributed by atoms with van der Waals surface area (Å²) in [5.74, 6) is 1.90. The van der Waals surface area contributed by atoms with Crippen molar-refractivity contribution in [2.75, 3.05) is 88.2 Å². The Hall–Kier alpha value is -2.08. The Morgan fingerprint density at radius 1 is 0.571 bits per heavy atom. The number of rotatable bonds is 24. The quantitative estimate of drug-likeness (QED) is 0.0920. The molecule has 42 heavy (non-hydrogen) atoms. The van der Waals surface area contributed by atoms with Crippen LogP contribution in [0.2, 0.25) is 0 Å². The molecule has 0 saturated heterocycles. The molecule has 0 aromatic heterocycles. The first-order chi connectivity index (χ1) is 20.1. The number of para-hydroxylation sites is 1. The van der Waals surface area contributed by atoms with Gasteiger partial charge in [-0.15, -0.1) is 0 Å². The van der Waals surface area contributed by atoms with E-state index in [2.05, 4.69) is 103 Å². The minimum absolute atomic E-state index is 0.738. The summed E-state index contributed by atoms with van der Waals surface area (Å²) in [6.07, 6.45) is 14.4. The van der Waals surface area contributed by atoms with E-state index in [1.807, 2.05) is 0 Å². The van der Waals surface area contributed by atoms with Crippen molar-refractivity contribution in [3.63, 3.8) is 0 Å². The molecule has 0 unspecified atom stereocenters. The second-order valence-corrected chi connectivity index (χ2v) is 13.8. The molecule has 2 rings (SSSR count). The summed E-state index contributed by atoms with van der Waals surface area (Å²) in [4.78, 5) is 2.26. The average Bonchev–Trinajstić information content (AvgIpc) is 2.95. The lowest BCUT2D eigenvalue weighted by atomic mass is 10.0. The zero-order valence-corrected chi connectivity index (χ0v) is 28.5. The summed E-state index contributed by atoms with van der Waals surface area (Å²) < 4.78 is 14.5. The highest BCUT2D eigenvalue weighted by Crippen LogP contribution is 2.31. The van der Waals surface area contributed by atoms with Crippen molar-refractivity contribution in [3.05, 3.63) is 48.5 Å². The second-order valence-electron chi connectivity index (χ2n) is 13.8. The lowest BCUT2D eigenvalue weighted by molar-refractivity contribution is -0.890. The summed E-state index contributed by atoms with van der Waals surface area (Å²) in [6.45, 7) is 9.67. The largest absolute Gasteiger partial charge is 0.493 e. The predicted octanol–water partition coefficient (Wildman–Crippen LogP) is 8.14. The normalized spacial score (nSPS) is 12.2. The van der Waals surface area contributed by atoms with Crippen molar-refractivity contribution in [1.29, 1.82) is 0 Å². The molecule has 0 radical (unpaired) electrons. The van der Waals surface area contributed by atoms with E-state index in [9.17, 15) is 0 Å². The molecule has 0 saturated carbocycles. The molecule has 0 aliphatic carbocycles. The molecule has 5 nitrogen and oxygen atoms in total. The molecule has 238 valence electrons. The van der Waals surface area contributed by atoms with Gasteiger partial charge in [0, 0.05) is 31.4 Å². The predicted molar refractivity (Wildman–Crippen MR) is 182 cm³/mol. The smallest absolute Gasteiger partial charge is 0.127 e. The van der Waals surface area contributed by atoms with Crippen LogP contribution >= 0.6 is 0 Å². The summed E-state index contributed by atoms with van der Waals surface area (Å²) in [6, 6.07) is 16.9. The number of quaternary nitrogens is 2. The van der Waals surface area contributed by atoms with E-state index in [4.69, 9.17) is 9.47 Å². The topological polar surface area (TPSA) is 21.7 Å². The molecule has 0 atom stereocenters. The molecule has 5 heteroatoms. The van der Waals surface area contributed by atoms with Gasteiger partial charge in [0.1, 0.15) is 11.5 Å². The molecule has 2 aromatic carbocycles. The van der Waals surface area contributed by atoms with Crippen LogP contribution in [0.25, 0.3) is 11.1 Å². The van der Waals surface area contributed by atoms with Gasteiger partial charge in [-0.1, -0.05) is 75.8 Å². The zero-order valence-electron chi connectivity index (χ0n) is 28.5. The Labute approximate surface area is 260 Å². The molecular weight excluding hydrogens is 518 g/mol. The van der Waals surface area contributed by atoms with E-state index in [-0.39, 0.29) is 0 Å². The fourth-order valence-electron chi connectivity index (χ4n) is 5.63. The van der Waals surface area contributed by atoms with Crippen LogP contribution in [0.4, 0.5) is 0 Å². The van der Waals surface area contributed by atoms with E-state index < -0.39 is 0 Å². The van der Waals surface area contributed by atoms with E-state index in [0.29, 0.717) is 0 Å². The summed E-state index contributed by atoms with van der Waals surface area (Å²) >= 11 is 0. The van der Waals surface area contributed by atoms with Gasteiger partial charge in [0.05, 0.1) is 67.6 Å². The minimum atomic E-state index is 0.738. The van der Waals surface area contributed by atoms with Crippen LogP contribution < -0.4 is 9.47 Å². The molecule has 2 aromatic rings. The Morgan fingerprint density at radius 3 is 1.71 bits per heavy atom. The van der Waals surface area contributed by atoms with Gasteiger partial charge >= 0.3 is 0 Å². The Kier molecular flexibility index (Phi) is 17.2. The van der Waals surface area contributed by atoms with Gasteiger partial charge in [-0.05, 0) is 50.7 Å². The fraction of sp³-hybridized carbons (Fsp3) is 0.676. The van der Waals surface area contributed by atoms with Crippen LogP contribution in [-0.4, -0.2) is 102 Å². The van der Waals surface area contributed by atoms with E-state index in [1.165, 1.54) is 76.4 Å². The highest BCUT2D eigenvalue weighted by atomic mass is 16.5. The second kappa shape index (κ2) is 20.0. The summed E-state index contributed by atoms with van der Waals surface area (Å²) in [7, 11) is 13.7. The highest BCUT2D eigenvalue weighted by molar-refractivity contribution is 5.70. The van der Waals surface area contributed by atoms with Crippen LogP contribution in [0.1, 0.15) is 77.6 Å². The average molecular weight is 584 g/mol. The third-order valence-corrected chi connectivity index (χ3v) is 8.38. The van der Waals surface area contributed by atoms with Crippen LogP contribution in [0.15, 0.2) is 48.5 Å². The number of unbranched alkanes of at least 4 members (excludes halogenated alkanes) is 7. The van der Waals surface area contributed by atoms with E-state index in [1.54, 1.807) is 0 Å². The Bertz CT molecular complexity index is 956. The summed E-state index contributed by atoms with van der Waals surface area (Å²) in [5, 5.41) is 0. The minimum Gasteiger partial charge on any atom is -0.493 e. The molecule has 0 N–H and O–H groups in total. The SMILES string of the molecule is CCCCCCCCCC[N+](C)(C)CCCOc1ccc(-c2ccccc2OCCC[N+](C)(C)CCCN(C)C)cc1. The molecule has 0 aliphatic heterocycles. The standard InChI is InChI=1S/C37H65N3O2/c1-8-9-10-11-12-13-14-17-28-39(4,5)30-19-32-41-35-25-23-34(24-26-35)36-21-15-16-22-37(36)42-33-20-31-40(6,7)29-18-27-38(2)3/h15-16,21-26H,8-14,17-20,27-33H2,1-7H3/q+2. The maximum atomic E-state index is 6.28. The molecule has 0 spiro atoms. The van der Waals surface area contributed by atoms with Crippen molar-refractivity contribution in [2.45, 2.75) is 77.6 Å². The zero-order chi connectivity index (χ0) is 30.7. The Morgan fingerprint density at radius 2 is 1.10 bits per heavy atom. The van der Waals surface area contributed by atoms with Gasteiger partial charge in [0.25, 0.3) is 0 Å². The van der Waals surface area contributed by atoms with Crippen molar-refractivity contribution in [3.8, 4) is 22.6 Å². The monoisotopic (exact) mass is 584 g/mol. The molecule has 0 bridgehead atoms. The van der Waals surface area contributed by atoms with Crippen LogP contribution in [-0.2, 0) is 0 Å². The maximum Gasteiger partial charge on any atom is 0.127 e. The van der Waals surface area contributed by atoms with Crippen molar-refractivity contribution in [2.24, 2.45) is 0 Å². The van der Waals surface area contributed by atoms with Crippen molar-refractivity contribution in [1.82, 2.24) is 4.90 Å². The maximum absolute atomic E-state index is 6.28. The fourth-order valence-corrected chi connectivity index (χ4v) is 5.63. The highest BCUT2D eigenvalue weighted by Gasteiger charge is 2.16. The first kappa shape index (κ1) is 36.1. The van der Waals surface area contributed by atoms with E-state index >= 15 is 0 Å². The van der Waals surface area contributed by atoms with Crippen LogP contribution in [0.3, 0.4) is 0 Å². The van der Waals surface area contributed by atoms with Gasteiger partial charge in [0.2, 0.25) is 0 Å². The summed E-state index contributed by atoms with van der Waals surface area (Å²) in [5.41, 5.74) is 2.31. The molecule has 0 fully saturated rings. The number of ether oxygens (including phenoxy) is 2. The lowest BCUT2D eigenvalue weighted by Gasteiger charge is -2.30. The third kappa shape index (κ3) is 16.0. The number of hydrogen-bond donors (Lipinski definition) is 0. The van der Waals surface area contributed by atoms with E-state index in [0.717, 1.165) is 71.7 Å². The molecular formula is C37H65N3O2+2. The van der Waals surface area contributed by atoms with Crippen LogP contribution in [0.5, 0.6) is 11.5 Å².